The Morgan fingerprint density at radius 1 is 0.698 bits per heavy atom. The molecule has 232 valence electrons. The molecule has 1 aliphatic heterocycles. The molecule has 1 heterocycles. The smallest absolute Gasteiger partial charge is 0.416 e. The number of alkyl halides is 12. The van der Waals surface area contributed by atoms with E-state index in [-0.39, 0.29) is 28.5 Å². The van der Waals surface area contributed by atoms with E-state index in [0.29, 0.717) is 41.3 Å². The number of ether oxygens (including phenoxy) is 2. The van der Waals surface area contributed by atoms with Crippen LogP contribution in [0, 0.1) is 0 Å². The van der Waals surface area contributed by atoms with Crippen molar-refractivity contribution in [1.82, 2.24) is 4.90 Å². The summed E-state index contributed by atoms with van der Waals surface area (Å²) in [5.74, 6) is -0.167. The lowest BCUT2D eigenvalue weighted by molar-refractivity contribution is -0.143. The fraction of sp³-hybridized carbons (Fsp3) is 0.296. The molecule has 0 aliphatic carbocycles. The van der Waals surface area contributed by atoms with Gasteiger partial charge >= 0.3 is 30.8 Å². The van der Waals surface area contributed by atoms with Gasteiger partial charge in [-0.25, -0.2) is 4.79 Å². The first kappa shape index (κ1) is 31.8. The Labute approximate surface area is 234 Å². The van der Waals surface area contributed by atoms with E-state index < -0.39 is 77.8 Å². The molecular weight excluding hydrogens is 614 g/mol. The van der Waals surface area contributed by atoms with Crippen molar-refractivity contribution < 1.29 is 67.0 Å². The fourth-order valence-electron chi connectivity index (χ4n) is 4.44. The predicted molar refractivity (Wildman–Crippen MR) is 125 cm³/mol. The van der Waals surface area contributed by atoms with E-state index in [1.165, 1.54) is 0 Å². The lowest BCUT2D eigenvalue weighted by Crippen LogP contribution is -2.24. The van der Waals surface area contributed by atoms with Crippen molar-refractivity contribution in [2.75, 3.05) is 13.7 Å². The molecule has 16 heteroatoms. The Balaban J connectivity index is 1.76. The molecule has 0 spiro atoms. The van der Waals surface area contributed by atoms with Crippen molar-refractivity contribution in [1.29, 1.82) is 0 Å². The molecule has 0 aromatic heterocycles. The highest BCUT2D eigenvalue weighted by Crippen LogP contribution is 2.42. The number of nitrogens with zero attached hydrogens (tertiary/aromatic N) is 1. The van der Waals surface area contributed by atoms with E-state index in [1.807, 2.05) is 0 Å². The SMILES string of the molecule is COc1ccc(C(F)(F)F)cc1-c1ccc(C(F)(F)F)cc1CN1CC(c2cc(C(F)(F)F)cc(C(F)(F)F)c2)OC1=O. The Morgan fingerprint density at radius 2 is 1.21 bits per heavy atom. The first-order valence-corrected chi connectivity index (χ1v) is 11.9. The highest BCUT2D eigenvalue weighted by atomic mass is 19.4. The van der Waals surface area contributed by atoms with Crippen molar-refractivity contribution in [3.8, 4) is 16.9 Å². The van der Waals surface area contributed by atoms with Gasteiger partial charge in [-0.15, -0.1) is 0 Å². The molecule has 1 aliphatic rings. The highest BCUT2D eigenvalue weighted by Gasteiger charge is 2.41. The lowest BCUT2D eigenvalue weighted by atomic mass is 9.94. The van der Waals surface area contributed by atoms with Crippen molar-refractivity contribution in [3.05, 3.63) is 88.0 Å². The van der Waals surface area contributed by atoms with Crippen LogP contribution in [-0.4, -0.2) is 24.6 Å². The molecule has 1 amide bonds. The van der Waals surface area contributed by atoms with Crippen molar-refractivity contribution >= 4 is 6.09 Å². The number of halogens is 12. The second-order valence-electron chi connectivity index (χ2n) is 9.37. The molecule has 0 bridgehead atoms. The third kappa shape index (κ3) is 6.94. The van der Waals surface area contributed by atoms with Crippen molar-refractivity contribution in [2.24, 2.45) is 0 Å². The second kappa shape index (κ2) is 10.9. The molecule has 0 N–H and O–H groups in total. The maximum atomic E-state index is 13.5. The summed E-state index contributed by atoms with van der Waals surface area (Å²) in [6.07, 6.45) is -23.2. The van der Waals surface area contributed by atoms with Gasteiger partial charge in [-0.1, -0.05) is 6.07 Å². The molecule has 0 radical (unpaired) electrons. The fourth-order valence-corrected chi connectivity index (χ4v) is 4.44. The van der Waals surface area contributed by atoms with E-state index >= 15 is 0 Å². The Hall–Kier alpha value is -4.11. The predicted octanol–water partition coefficient (Wildman–Crippen LogP) is 9.13. The van der Waals surface area contributed by atoms with Crippen LogP contribution in [0.1, 0.15) is 39.5 Å². The van der Waals surface area contributed by atoms with Crippen LogP contribution in [0.25, 0.3) is 11.1 Å². The molecule has 1 unspecified atom stereocenters. The van der Waals surface area contributed by atoms with Gasteiger partial charge in [0.05, 0.1) is 35.9 Å². The van der Waals surface area contributed by atoms with Gasteiger partial charge in [0.1, 0.15) is 11.9 Å². The van der Waals surface area contributed by atoms with E-state index in [9.17, 15) is 57.5 Å². The summed E-state index contributed by atoms with van der Waals surface area (Å²) in [5, 5.41) is 0. The summed E-state index contributed by atoms with van der Waals surface area (Å²) in [6.45, 7) is -1.45. The maximum absolute atomic E-state index is 13.5. The maximum Gasteiger partial charge on any atom is 0.416 e. The zero-order chi connectivity index (χ0) is 32.1. The molecular formula is C27H17F12NO3. The van der Waals surface area contributed by atoms with Crippen molar-refractivity contribution in [2.45, 2.75) is 37.4 Å². The van der Waals surface area contributed by atoms with Crippen LogP contribution in [0.4, 0.5) is 57.5 Å². The Bertz CT molecular complexity index is 1490. The molecule has 1 saturated heterocycles. The summed E-state index contributed by atoms with van der Waals surface area (Å²) in [4.78, 5) is 13.3. The molecule has 4 nitrogen and oxygen atoms in total. The monoisotopic (exact) mass is 631 g/mol. The quantitative estimate of drug-likeness (QED) is 0.264. The summed E-state index contributed by atoms with van der Waals surface area (Å²) in [5.41, 5.74) is -7.31. The van der Waals surface area contributed by atoms with Gasteiger partial charge in [0.25, 0.3) is 0 Å². The van der Waals surface area contributed by atoms with Gasteiger partial charge in [0.15, 0.2) is 0 Å². The standard InChI is InChI=1S/C27H17F12NO3/c1-42-21-5-3-16(25(31,32)33)10-20(21)19-4-2-15(24(28,29)30)8-14(19)11-40-12-22(43-23(40)41)13-6-17(26(34,35)36)9-18(7-13)27(37,38)39/h2-10,22H,11-12H2,1H3. The van der Waals surface area contributed by atoms with Gasteiger partial charge < -0.3 is 9.47 Å². The zero-order valence-corrected chi connectivity index (χ0v) is 21.4. The van der Waals surface area contributed by atoms with Crippen LogP contribution in [0.15, 0.2) is 54.6 Å². The number of carbonyl (C=O) groups excluding carboxylic acids is 1. The van der Waals surface area contributed by atoms with E-state index in [2.05, 4.69) is 0 Å². The Kier molecular flexibility index (Phi) is 8.04. The third-order valence-corrected chi connectivity index (χ3v) is 6.48. The number of hydrogen-bond donors (Lipinski definition) is 0. The number of carbonyl (C=O) groups is 1. The summed E-state index contributed by atoms with van der Waals surface area (Å²) < 4.78 is 171. The van der Waals surface area contributed by atoms with Crippen LogP contribution < -0.4 is 4.74 Å². The van der Waals surface area contributed by atoms with Crippen LogP contribution in [0.2, 0.25) is 0 Å². The molecule has 1 fully saturated rings. The number of cyclic esters (lactones) is 1. The second-order valence-corrected chi connectivity index (χ2v) is 9.37. The largest absolute Gasteiger partial charge is 0.496 e. The van der Waals surface area contributed by atoms with Crippen LogP contribution in [0.5, 0.6) is 5.75 Å². The summed E-state index contributed by atoms with van der Waals surface area (Å²) in [6, 6.07) is 4.81. The number of methoxy groups -OCH3 is 1. The van der Waals surface area contributed by atoms with Gasteiger partial charge in [0.2, 0.25) is 0 Å². The van der Waals surface area contributed by atoms with Gasteiger partial charge in [-0.2, -0.15) is 52.7 Å². The zero-order valence-electron chi connectivity index (χ0n) is 21.4. The van der Waals surface area contributed by atoms with E-state index in [4.69, 9.17) is 9.47 Å². The van der Waals surface area contributed by atoms with E-state index in [0.717, 1.165) is 19.2 Å². The normalized spacial score (nSPS) is 16.4. The van der Waals surface area contributed by atoms with Crippen LogP contribution in [0.3, 0.4) is 0 Å². The third-order valence-electron chi connectivity index (χ3n) is 6.48. The highest BCUT2D eigenvalue weighted by molar-refractivity contribution is 5.76. The Morgan fingerprint density at radius 3 is 1.72 bits per heavy atom. The molecule has 3 aromatic rings. The van der Waals surface area contributed by atoms with Gasteiger partial charge in [0, 0.05) is 12.1 Å². The van der Waals surface area contributed by atoms with Crippen LogP contribution >= 0.6 is 0 Å². The average Bonchev–Trinajstić information content (AvgIpc) is 3.26. The molecule has 0 saturated carbocycles. The van der Waals surface area contributed by atoms with Gasteiger partial charge in [-0.3, -0.25) is 4.90 Å². The van der Waals surface area contributed by atoms with Crippen LogP contribution in [-0.2, 0) is 36.0 Å². The summed E-state index contributed by atoms with van der Waals surface area (Å²) >= 11 is 0. The first-order chi connectivity index (χ1) is 19.7. The lowest BCUT2D eigenvalue weighted by Gasteiger charge is -2.20. The number of hydrogen-bond acceptors (Lipinski definition) is 3. The molecule has 3 aromatic carbocycles. The van der Waals surface area contributed by atoms with Crippen molar-refractivity contribution in [3.63, 3.8) is 0 Å². The first-order valence-electron chi connectivity index (χ1n) is 11.9. The number of benzene rings is 3. The number of rotatable bonds is 5. The van der Waals surface area contributed by atoms with Gasteiger partial charge in [-0.05, 0) is 65.2 Å². The minimum absolute atomic E-state index is 0.130. The number of amides is 1. The summed E-state index contributed by atoms with van der Waals surface area (Å²) in [7, 11) is 1.10. The minimum Gasteiger partial charge on any atom is -0.496 e. The molecule has 4 rings (SSSR count). The molecule has 1 atom stereocenters. The molecule has 43 heavy (non-hydrogen) atoms. The van der Waals surface area contributed by atoms with E-state index in [1.54, 1.807) is 0 Å². The minimum atomic E-state index is -5.20. The topological polar surface area (TPSA) is 38.8 Å². The average molecular weight is 631 g/mol.